The van der Waals surface area contributed by atoms with Gasteiger partial charge in [0.05, 0.1) is 12.6 Å². The molecule has 0 aliphatic heterocycles. The van der Waals surface area contributed by atoms with Crippen LogP contribution in [-0.4, -0.2) is 20.9 Å². The summed E-state index contributed by atoms with van der Waals surface area (Å²) in [5, 5.41) is 12.8. The lowest BCUT2D eigenvalue weighted by Crippen LogP contribution is -2.03. The molecule has 0 saturated heterocycles. The predicted molar refractivity (Wildman–Crippen MR) is 73.8 cm³/mol. The van der Waals surface area contributed by atoms with Crippen LogP contribution in [0.3, 0.4) is 0 Å². The van der Waals surface area contributed by atoms with Crippen molar-refractivity contribution in [2.75, 3.05) is 0 Å². The van der Waals surface area contributed by atoms with Crippen LogP contribution < -0.4 is 0 Å². The SMILES string of the molecule is CCCCn1cc(-c2cc(F)c(CC(=O)O)cc2F)cn1. The number of unbranched alkanes of at least 4 members (excludes halogenated alkanes) is 1. The molecule has 2 aromatic rings. The van der Waals surface area contributed by atoms with Crippen molar-refractivity contribution in [1.82, 2.24) is 9.78 Å². The first-order chi connectivity index (χ1) is 10.0. The fourth-order valence-electron chi connectivity index (χ4n) is 2.05. The third-order valence-corrected chi connectivity index (χ3v) is 3.16. The summed E-state index contributed by atoms with van der Waals surface area (Å²) in [5.41, 5.74) is 0.399. The van der Waals surface area contributed by atoms with E-state index < -0.39 is 24.0 Å². The van der Waals surface area contributed by atoms with Gasteiger partial charge < -0.3 is 5.11 Å². The second-order valence-electron chi connectivity index (χ2n) is 4.84. The molecule has 0 aliphatic rings. The Bertz CT molecular complexity index is 653. The molecule has 1 heterocycles. The highest BCUT2D eigenvalue weighted by Crippen LogP contribution is 2.25. The lowest BCUT2D eigenvalue weighted by Gasteiger charge is -2.05. The molecule has 0 aliphatic carbocycles. The highest BCUT2D eigenvalue weighted by molar-refractivity contribution is 5.71. The van der Waals surface area contributed by atoms with Crippen molar-refractivity contribution < 1.29 is 18.7 Å². The zero-order valence-corrected chi connectivity index (χ0v) is 11.6. The van der Waals surface area contributed by atoms with E-state index in [9.17, 15) is 13.6 Å². The monoisotopic (exact) mass is 294 g/mol. The van der Waals surface area contributed by atoms with Crippen LogP contribution in [0.2, 0.25) is 0 Å². The second-order valence-corrected chi connectivity index (χ2v) is 4.84. The fourth-order valence-corrected chi connectivity index (χ4v) is 2.05. The zero-order valence-electron chi connectivity index (χ0n) is 11.6. The maximum atomic E-state index is 14.0. The van der Waals surface area contributed by atoms with Crippen molar-refractivity contribution in [3.8, 4) is 11.1 Å². The van der Waals surface area contributed by atoms with Crippen LogP contribution >= 0.6 is 0 Å². The van der Waals surface area contributed by atoms with Crippen molar-refractivity contribution in [3.63, 3.8) is 0 Å². The van der Waals surface area contributed by atoms with Crippen LogP contribution in [-0.2, 0) is 17.8 Å². The minimum absolute atomic E-state index is 0.0874. The molecule has 1 N–H and O–H groups in total. The first kappa shape index (κ1) is 15.2. The molecule has 0 radical (unpaired) electrons. The molecular formula is C15H16F2N2O2. The lowest BCUT2D eigenvalue weighted by atomic mass is 10.0. The van der Waals surface area contributed by atoms with Gasteiger partial charge in [-0.15, -0.1) is 0 Å². The van der Waals surface area contributed by atoms with Gasteiger partial charge in [-0.3, -0.25) is 9.48 Å². The molecule has 0 unspecified atom stereocenters. The van der Waals surface area contributed by atoms with E-state index >= 15 is 0 Å². The molecule has 0 fully saturated rings. The molecule has 0 bridgehead atoms. The standard InChI is InChI=1S/C15H16F2N2O2/c1-2-3-4-19-9-11(8-18-19)12-7-13(16)10(5-14(12)17)6-15(20)21/h5,7-9H,2-4,6H2,1H3,(H,20,21). The van der Waals surface area contributed by atoms with Gasteiger partial charge in [0, 0.05) is 29.4 Å². The van der Waals surface area contributed by atoms with Crippen LogP contribution in [0.4, 0.5) is 8.78 Å². The summed E-state index contributed by atoms with van der Waals surface area (Å²) in [5.74, 6) is -2.58. The molecule has 1 aromatic carbocycles. The Hall–Kier alpha value is -2.24. The van der Waals surface area contributed by atoms with E-state index in [2.05, 4.69) is 12.0 Å². The number of halogens is 2. The minimum Gasteiger partial charge on any atom is -0.481 e. The number of aliphatic carboxylic acids is 1. The van der Waals surface area contributed by atoms with E-state index in [1.54, 1.807) is 10.9 Å². The number of carbonyl (C=O) groups is 1. The normalized spacial score (nSPS) is 10.8. The number of hydrogen-bond donors (Lipinski definition) is 1. The summed E-state index contributed by atoms with van der Waals surface area (Å²) in [4.78, 5) is 10.6. The van der Waals surface area contributed by atoms with E-state index in [1.165, 1.54) is 6.20 Å². The van der Waals surface area contributed by atoms with E-state index in [4.69, 9.17) is 5.11 Å². The number of carboxylic acids is 1. The van der Waals surface area contributed by atoms with Gasteiger partial charge >= 0.3 is 5.97 Å². The third kappa shape index (κ3) is 3.65. The van der Waals surface area contributed by atoms with Crippen molar-refractivity contribution >= 4 is 5.97 Å². The molecule has 0 saturated carbocycles. The molecule has 112 valence electrons. The first-order valence-corrected chi connectivity index (χ1v) is 6.73. The Kier molecular flexibility index (Phi) is 4.67. The molecule has 0 spiro atoms. The van der Waals surface area contributed by atoms with Crippen LogP contribution in [0.5, 0.6) is 0 Å². The quantitative estimate of drug-likeness (QED) is 0.889. The summed E-state index contributed by atoms with van der Waals surface area (Å²) >= 11 is 0. The molecule has 2 rings (SSSR count). The Balaban J connectivity index is 2.29. The van der Waals surface area contributed by atoms with Crippen LogP contribution in [0, 0.1) is 11.6 Å². The van der Waals surface area contributed by atoms with Crippen LogP contribution in [0.25, 0.3) is 11.1 Å². The van der Waals surface area contributed by atoms with Gasteiger partial charge in [-0.1, -0.05) is 13.3 Å². The van der Waals surface area contributed by atoms with Crippen molar-refractivity contribution in [2.24, 2.45) is 0 Å². The van der Waals surface area contributed by atoms with Gasteiger partial charge in [0.2, 0.25) is 0 Å². The Morgan fingerprint density at radius 1 is 1.33 bits per heavy atom. The maximum absolute atomic E-state index is 14.0. The molecule has 4 nitrogen and oxygen atoms in total. The molecule has 0 amide bonds. The van der Waals surface area contributed by atoms with Gasteiger partial charge in [-0.25, -0.2) is 8.78 Å². The number of hydrogen-bond acceptors (Lipinski definition) is 2. The molecule has 0 atom stereocenters. The van der Waals surface area contributed by atoms with Crippen molar-refractivity contribution in [2.45, 2.75) is 32.7 Å². The predicted octanol–water partition coefficient (Wildman–Crippen LogP) is 3.26. The largest absolute Gasteiger partial charge is 0.481 e. The highest BCUT2D eigenvalue weighted by Gasteiger charge is 2.14. The Morgan fingerprint density at radius 3 is 2.76 bits per heavy atom. The summed E-state index contributed by atoms with van der Waals surface area (Å²) in [7, 11) is 0. The smallest absolute Gasteiger partial charge is 0.307 e. The molecule has 6 heteroatoms. The lowest BCUT2D eigenvalue weighted by molar-refractivity contribution is -0.136. The Labute approximate surface area is 121 Å². The number of rotatable bonds is 6. The number of aryl methyl sites for hydroxylation is 1. The van der Waals surface area contributed by atoms with Gasteiger partial charge in [0.15, 0.2) is 0 Å². The Morgan fingerprint density at radius 2 is 2.10 bits per heavy atom. The maximum Gasteiger partial charge on any atom is 0.307 e. The second kappa shape index (κ2) is 6.47. The fraction of sp³-hybridized carbons (Fsp3) is 0.333. The van der Waals surface area contributed by atoms with Gasteiger partial charge in [0.25, 0.3) is 0 Å². The average Bonchev–Trinajstić information content (AvgIpc) is 2.88. The first-order valence-electron chi connectivity index (χ1n) is 6.73. The number of benzene rings is 1. The number of aromatic nitrogens is 2. The van der Waals surface area contributed by atoms with Crippen LogP contribution in [0.15, 0.2) is 24.5 Å². The summed E-state index contributed by atoms with van der Waals surface area (Å²) in [6.07, 6.45) is 4.56. The molecule has 1 aromatic heterocycles. The van der Waals surface area contributed by atoms with E-state index in [-0.39, 0.29) is 11.1 Å². The molecular weight excluding hydrogens is 278 g/mol. The van der Waals surface area contributed by atoms with Gasteiger partial charge in [-0.2, -0.15) is 5.10 Å². The van der Waals surface area contributed by atoms with Gasteiger partial charge in [0.1, 0.15) is 11.6 Å². The minimum atomic E-state index is -1.20. The summed E-state index contributed by atoms with van der Waals surface area (Å²) in [6, 6.07) is 1.96. The third-order valence-electron chi connectivity index (χ3n) is 3.16. The van der Waals surface area contributed by atoms with Crippen molar-refractivity contribution in [3.05, 3.63) is 41.7 Å². The van der Waals surface area contributed by atoms with E-state index in [0.29, 0.717) is 5.56 Å². The van der Waals surface area contributed by atoms with E-state index in [0.717, 1.165) is 31.5 Å². The zero-order chi connectivity index (χ0) is 15.4. The summed E-state index contributed by atoms with van der Waals surface area (Å²) in [6.45, 7) is 2.78. The molecule has 21 heavy (non-hydrogen) atoms. The summed E-state index contributed by atoms with van der Waals surface area (Å²) < 4.78 is 29.5. The number of carboxylic acid groups (broad SMARTS) is 1. The van der Waals surface area contributed by atoms with Gasteiger partial charge in [-0.05, 0) is 18.6 Å². The topological polar surface area (TPSA) is 55.1 Å². The highest BCUT2D eigenvalue weighted by atomic mass is 19.1. The number of nitrogens with zero attached hydrogens (tertiary/aromatic N) is 2. The van der Waals surface area contributed by atoms with Crippen molar-refractivity contribution in [1.29, 1.82) is 0 Å². The van der Waals surface area contributed by atoms with E-state index in [1.807, 2.05) is 0 Å². The average molecular weight is 294 g/mol. The van der Waals surface area contributed by atoms with Crippen LogP contribution in [0.1, 0.15) is 25.3 Å².